The summed E-state index contributed by atoms with van der Waals surface area (Å²) >= 11 is 0. The predicted octanol–water partition coefficient (Wildman–Crippen LogP) is 3.88. The van der Waals surface area contributed by atoms with Gasteiger partial charge in [-0.3, -0.25) is 4.79 Å². The zero-order valence-corrected chi connectivity index (χ0v) is 17.3. The summed E-state index contributed by atoms with van der Waals surface area (Å²) in [6, 6.07) is 9.39. The van der Waals surface area contributed by atoms with E-state index in [0.717, 1.165) is 11.6 Å². The molecular formula is C23H22FNO6. The number of ketones is 1. The number of esters is 1. The van der Waals surface area contributed by atoms with Gasteiger partial charge in [0, 0.05) is 29.8 Å². The molecule has 1 heterocycles. The molecule has 7 nitrogen and oxygen atoms in total. The second-order valence-electron chi connectivity index (χ2n) is 6.61. The number of hydrogen-bond acceptors (Lipinski definition) is 6. The van der Waals surface area contributed by atoms with E-state index >= 15 is 0 Å². The topological polar surface area (TPSA) is 87.0 Å². The van der Waals surface area contributed by atoms with E-state index in [1.165, 1.54) is 26.4 Å². The molecule has 0 saturated heterocycles. The van der Waals surface area contributed by atoms with Gasteiger partial charge < -0.3 is 23.9 Å². The van der Waals surface area contributed by atoms with Crippen molar-refractivity contribution < 1.29 is 33.3 Å². The molecule has 3 aromatic rings. The Morgan fingerprint density at radius 2 is 1.81 bits per heavy atom. The van der Waals surface area contributed by atoms with E-state index in [4.69, 9.17) is 9.47 Å². The van der Waals surface area contributed by atoms with Crippen LogP contribution in [-0.2, 0) is 20.9 Å². The lowest BCUT2D eigenvalue weighted by atomic mass is 10.1. The lowest BCUT2D eigenvalue weighted by molar-refractivity contribution is -0.151. The molecule has 1 aromatic heterocycles. The quantitative estimate of drug-likeness (QED) is 0.254. The highest BCUT2D eigenvalue weighted by molar-refractivity contribution is 6.39. The highest BCUT2D eigenvalue weighted by Crippen LogP contribution is 2.39. The van der Waals surface area contributed by atoms with Gasteiger partial charge in [0.2, 0.25) is 0 Å². The number of ether oxygens (including phenoxy) is 3. The molecule has 2 aromatic carbocycles. The molecule has 0 amide bonds. The Balaban J connectivity index is 2.15. The maximum atomic E-state index is 13.3. The minimum Gasteiger partial charge on any atom is -0.507 e. The van der Waals surface area contributed by atoms with Gasteiger partial charge in [0.1, 0.15) is 11.6 Å². The fourth-order valence-electron chi connectivity index (χ4n) is 3.28. The summed E-state index contributed by atoms with van der Waals surface area (Å²) in [5.74, 6) is -1.86. The van der Waals surface area contributed by atoms with Gasteiger partial charge in [-0.1, -0.05) is 12.1 Å². The highest BCUT2D eigenvalue weighted by Gasteiger charge is 2.21. The number of fused-ring (bicyclic) bond motifs is 1. The van der Waals surface area contributed by atoms with Crippen LogP contribution in [0.2, 0.25) is 0 Å². The van der Waals surface area contributed by atoms with Crippen molar-refractivity contribution in [3.05, 3.63) is 65.6 Å². The first kappa shape index (κ1) is 21.9. The van der Waals surface area contributed by atoms with Crippen LogP contribution in [0.25, 0.3) is 16.7 Å². The van der Waals surface area contributed by atoms with Gasteiger partial charge in [0.05, 0.1) is 26.3 Å². The first-order valence-corrected chi connectivity index (χ1v) is 9.50. The predicted molar refractivity (Wildman–Crippen MR) is 113 cm³/mol. The molecule has 0 fully saturated rings. The van der Waals surface area contributed by atoms with E-state index in [0.29, 0.717) is 34.5 Å². The van der Waals surface area contributed by atoms with Crippen molar-refractivity contribution in [2.45, 2.75) is 13.5 Å². The molecule has 8 heteroatoms. The summed E-state index contributed by atoms with van der Waals surface area (Å²) in [4.78, 5) is 23.6. The molecule has 31 heavy (non-hydrogen) atoms. The molecule has 3 rings (SSSR count). The number of aliphatic hydroxyl groups excluding tert-OH is 1. The number of nitrogens with zero attached hydrogens (tertiary/aromatic N) is 1. The summed E-state index contributed by atoms with van der Waals surface area (Å²) in [5, 5.41) is 11.2. The van der Waals surface area contributed by atoms with Crippen LogP contribution in [0, 0.1) is 5.82 Å². The van der Waals surface area contributed by atoms with E-state index in [1.807, 2.05) is 0 Å². The van der Waals surface area contributed by atoms with Gasteiger partial charge in [0.15, 0.2) is 11.5 Å². The minimum atomic E-state index is -1.05. The van der Waals surface area contributed by atoms with Crippen LogP contribution >= 0.6 is 0 Å². The van der Waals surface area contributed by atoms with Crippen molar-refractivity contribution in [3.63, 3.8) is 0 Å². The van der Waals surface area contributed by atoms with Crippen molar-refractivity contribution >= 4 is 28.4 Å². The fraction of sp³-hybridized carbons (Fsp3) is 0.217. The fourth-order valence-corrected chi connectivity index (χ4v) is 3.28. The lowest BCUT2D eigenvalue weighted by Gasteiger charge is -2.12. The second kappa shape index (κ2) is 9.34. The monoisotopic (exact) mass is 427 g/mol. The van der Waals surface area contributed by atoms with Gasteiger partial charge in [-0.15, -0.1) is 0 Å². The molecule has 0 aliphatic heterocycles. The normalized spacial score (nSPS) is 11.4. The average molecular weight is 427 g/mol. The number of carbonyl (C=O) groups is 2. The van der Waals surface area contributed by atoms with Crippen molar-refractivity contribution in [2.24, 2.45) is 0 Å². The summed E-state index contributed by atoms with van der Waals surface area (Å²) in [6.07, 6.45) is 2.45. The van der Waals surface area contributed by atoms with E-state index in [9.17, 15) is 19.1 Å². The van der Waals surface area contributed by atoms with Crippen LogP contribution in [0.15, 0.2) is 48.7 Å². The molecule has 0 aliphatic rings. The minimum absolute atomic E-state index is 0.0488. The van der Waals surface area contributed by atoms with Crippen LogP contribution in [0.1, 0.15) is 18.1 Å². The first-order valence-electron chi connectivity index (χ1n) is 9.50. The molecule has 0 bridgehead atoms. The Labute approximate surface area is 178 Å². The largest absolute Gasteiger partial charge is 0.507 e. The maximum Gasteiger partial charge on any atom is 0.379 e. The third-order valence-corrected chi connectivity index (χ3v) is 4.67. The Morgan fingerprint density at radius 3 is 2.42 bits per heavy atom. The number of halogens is 1. The van der Waals surface area contributed by atoms with Gasteiger partial charge in [0.25, 0.3) is 5.78 Å². The number of methoxy groups -OCH3 is 2. The molecule has 0 unspecified atom stereocenters. The molecule has 1 N–H and O–H groups in total. The van der Waals surface area contributed by atoms with E-state index in [-0.39, 0.29) is 12.4 Å². The third-order valence-electron chi connectivity index (χ3n) is 4.67. The average Bonchev–Trinajstić information content (AvgIpc) is 3.13. The van der Waals surface area contributed by atoms with Crippen molar-refractivity contribution in [1.82, 2.24) is 4.57 Å². The van der Waals surface area contributed by atoms with Crippen molar-refractivity contribution in [2.75, 3.05) is 20.8 Å². The molecule has 0 aliphatic carbocycles. The van der Waals surface area contributed by atoms with Crippen LogP contribution in [-0.4, -0.2) is 42.3 Å². The Morgan fingerprint density at radius 1 is 1.10 bits per heavy atom. The number of aromatic nitrogens is 1. The molecule has 0 spiro atoms. The zero-order valence-electron chi connectivity index (χ0n) is 17.3. The number of carbonyl (C=O) groups excluding carboxylic acids is 2. The van der Waals surface area contributed by atoms with Gasteiger partial charge >= 0.3 is 5.97 Å². The third kappa shape index (κ3) is 4.53. The Hall–Kier alpha value is -3.81. The van der Waals surface area contributed by atoms with E-state index < -0.39 is 17.5 Å². The van der Waals surface area contributed by atoms with Crippen LogP contribution in [0.4, 0.5) is 4.39 Å². The SMILES string of the molecule is CCOC(=O)C(=O)/C=C(\O)c1cn(Cc2ccc(F)cc2)c2c(OC)c(OC)ccc12. The van der Waals surface area contributed by atoms with Gasteiger partial charge in [-0.05, 0) is 36.8 Å². The molecule has 0 saturated carbocycles. The zero-order chi connectivity index (χ0) is 22.5. The summed E-state index contributed by atoms with van der Waals surface area (Å²) in [6.45, 7) is 1.96. The molecule has 0 radical (unpaired) electrons. The Bertz CT molecular complexity index is 1150. The summed E-state index contributed by atoms with van der Waals surface area (Å²) < 4.78 is 30.7. The van der Waals surface area contributed by atoms with Crippen molar-refractivity contribution in [3.8, 4) is 11.5 Å². The molecule has 162 valence electrons. The van der Waals surface area contributed by atoms with E-state index in [2.05, 4.69) is 4.74 Å². The Kier molecular flexibility index (Phi) is 6.59. The number of benzene rings is 2. The summed E-state index contributed by atoms with van der Waals surface area (Å²) in [7, 11) is 3.00. The van der Waals surface area contributed by atoms with Crippen LogP contribution in [0.5, 0.6) is 11.5 Å². The maximum absolute atomic E-state index is 13.3. The highest BCUT2D eigenvalue weighted by atomic mass is 19.1. The van der Waals surface area contributed by atoms with Crippen LogP contribution < -0.4 is 9.47 Å². The van der Waals surface area contributed by atoms with Crippen molar-refractivity contribution in [1.29, 1.82) is 0 Å². The first-order chi connectivity index (χ1) is 14.9. The standard InChI is InChI=1S/C23H22FNO6/c1-4-31-23(28)19(27)11-18(26)17-13-25(12-14-5-7-15(24)8-6-14)21-16(17)9-10-20(29-2)22(21)30-3/h5-11,13,26H,4,12H2,1-3H3/b18-11-. The van der Waals surface area contributed by atoms with Gasteiger partial charge in [-0.2, -0.15) is 0 Å². The van der Waals surface area contributed by atoms with Gasteiger partial charge in [-0.25, -0.2) is 9.18 Å². The summed E-state index contributed by atoms with van der Waals surface area (Å²) in [5.41, 5.74) is 1.72. The second-order valence-corrected chi connectivity index (χ2v) is 6.61. The van der Waals surface area contributed by atoms with E-state index in [1.54, 1.807) is 42.0 Å². The number of hydrogen-bond donors (Lipinski definition) is 1. The number of rotatable bonds is 8. The molecule has 0 atom stereocenters. The number of aliphatic hydroxyl groups is 1. The van der Waals surface area contributed by atoms with Crippen LogP contribution in [0.3, 0.4) is 0 Å². The lowest BCUT2D eigenvalue weighted by Crippen LogP contribution is -2.15. The molecular weight excluding hydrogens is 405 g/mol. The smallest absolute Gasteiger partial charge is 0.379 e.